The number of carbonyl (C=O) groups is 1. The molecule has 1 aliphatic rings. The number of nitrogens with one attached hydrogen (secondary N) is 3. The summed E-state index contributed by atoms with van der Waals surface area (Å²) in [6.07, 6.45) is 3.92. The zero-order valence-electron chi connectivity index (χ0n) is 14.2. The molecule has 2 heterocycles. The van der Waals surface area contributed by atoms with Crippen LogP contribution in [0.1, 0.15) is 29.0 Å². The molecular weight excluding hydrogens is 337 g/mol. The van der Waals surface area contributed by atoms with Gasteiger partial charge in [0.1, 0.15) is 17.3 Å². The van der Waals surface area contributed by atoms with Gasteiger partial charge in [-0.05, 0) is 43.9 Å². The number of hydrogen-bond donors (Lipinski definition) is 3. The minimum atomic E-state index is -0.537. The molecule has 1 aliphatic carbocycles. The number of rotatable bonds is 5. The summed E-state index contributed by atoms with van der Waals surface area (Å²) >= 11 is 0. The van der Waals surface area contributed by atoms with Gasteiger partial charge in [-0.2, -0.15) is 0 Å². The predicted molar refractivity (Wildman–Crippen MR) is 96.2 cm³/mol. The Kier molecular flexibility index (Phi) is 3.99. The lowest BCUT2D eigenvalue weighted by molar-refractivity contribution is 0.102. The number of aromatic nitrogens is 2. The van der Waals surface area contributed by atoms with Crippen molar-refractivity contribution >= 4 is 22.4 Å². The van der Waals surface area contributed by atoms with Crippen molar-refractivity contribution in [2.24, 2.45) is 5.92 Å². The van der Waals surface area contributed by atoms with E-state index in [2.05, 4.69) is 15.3 Å². The van der Waals surface area contributed by atoms with E-state index >= 15 is 0 Å². The van der Waals surface area contributed by atoms with E-state index in [9.17, 15) is 14.0 Å². The number of anilines is 1. The van der Waals surface area contributed by atoms with Crippen molar-refractivity contribution in [3.05, 3.63) is 58.0 Å². The highest BCUT2D eigenvalue weighted by Crippen LogP contribution is 2.32. The molecule has 2 aromatic heterocycles. The van der Waals surface area contributed by atoms with Crippen LogP contribution in [0.4, 0.5) is 10.1 Å². The minimum absolute atomic E-state index is 0.0962. The number of pyridine rings is 1. The van der Waals surface area contributed by atoms with E-state index in [0.717, 1.165) is 18.5 Å². The number of H-pyrrole nitrogens is 2. The van der Waals surface area contributed by atoms with Crippen LogP contribution in [-0.4, -0.2) is 22.5 Å². The fourth-order valence-corrected chi connectivity index (χ4v) is 2.87. The normalized spacial score (nSPS) is 13.8. The molecule has 3 aromatic rings. The smallest absolute Gasteiger partial charge is 0.272 e. The maximum absolute atomic E-state index is 13.6. The van der Waals surface area contributed by atoms with Gasteiger partial charge < -0.3 is 20.0 Å². The van der Waals surface area contributed by atoms with Crippen LogP contribution >= 0.6 is 0 Å². The molecule has 7 heteroatoms. The van der Waals surface area contributed by atoms with Gasteiger partial charge in [-0.3, -0.25) is 9.59 Å². The first kappa shape index (κ1) is 16.4. The quantitative estimate of drug-likeness (QED) is 0.656. The van der Waals surface area contributed by atoms with Crippen LogP contribution in [-0.2, 0) is 0 Å². The first-order chi connectivity index (χ1) is 12.5. The molecule has 1 amide bonds. The Bertz CT molecular complexity index is 1050. The van der Waals surface area contributed by atoms with Crippen LogP contribution in [0.5, 0.6) is 5.75 Å². The van der Waals surface area contributed by atoms with Crippen molar-refractivity contribution in [1.82, 2.24) is 9.97 Å². The Morgan fingerprint density at radius 2 is 2.15 bits per heavy atom. The van der Waals surface area contributed by atoms with E-state index < -0.39 is 11.7 Å². The first-order valence-corrected chi connectivity index (χ1v) is 8.46. The van der Waals surface area contributed by atoms with Crippen LogP contribution in [0.2, 0.25) is 0 Å². The summed E-state index contributed by atoms with van der Waals surface area (Å²) < 4.78 is 19.3. The lowest BCUT2D eigenvalue weighted by Crippen LogP contribution is -2.19. The second-order valence-electron chi connectivity index (χ2n) is 6.61. The number of amides is 1. The summed E-state index contributed by atoms with van der Waals surface area (Å²) in [5.74, 6) is -0.0826. The largest absolute Gasteiger partial charge is 0.491 e. The molecule has 0 unspecified atom stereocenters. The number of hydrogen-bond acceptors (Lipinski definition) is 3. The number of carbonyl (C=O) groups excluding carboxylic acids is 1. The van der Waals surface area contributed by atoms with Crippen molar-refractivity contribution in [2.75, 3.05) is 11.9 Å². The molecule has 3 N–H and O–H groups in total. The molecule has 134 valence electrons. The number of fused-ring (bicyclic) bond motifs is 1. The van der Waals surface area contributed by atoms with E-state index in [4.69, 9.17) is 4.74 Å². The van der Waals surface area contributed by atoms with Gasteiger partial charge in [-0.25, -0.2) is 4.39 Å². The standard InChI is InChI=1S/C19H18FN3O3/c1-10-17-12(8-21-10)6-15(23-19(17)25)18(24)22-14-7-13(20)4-5-16(14)26-9-11-2-3-11/h4-8,11,21H,2-3,9H2,1H3,(H,22,24)(H,23,25). The minimum Gasteiger partial charge on any atom is -0.491 e. The third-order valence-corrected chi connectivity index (χ3v) is 4.49. The van der Waals surface area contributed by atoms with Crippen molar-refractivity contribution in [3.8, 4) is 5.75 Å². The van der Waals surface area contributed by atoms with Crippen LogP contribution in [0.3, 0.4) is 0 Å². The van der Waals surface area contributed by atoms with Crippen molar-refractivity contribution in [2.45, 2.75) is 19.8 Å². The Labute approximate surface area is 148 Å². The van der Waals surface area contributed by atoms with E-state index in [1.54, 1.807) is 19.2 Å². The van der Waals surface area contributed by atoms with Gasteiger partial charge in [-0.15, -0.1) is 0 Å². The van der Waals surface area contributed by atoms with Crippen LogP contribution in [0.15, 0.2) is 35.3 Å². The van der Waals surface area contributed by atoms with Gasteiger partial charge in [0, 0.05) is 23.3 Å². The second kappa shape index (κ2) is 6.33. The molecule has 0 spiro atoms. The summed E-state index contributed by atoms with van der Waals surface area (Å²) in [7, 11) is 0. The number of benzene rings is 1. The summed E-state index contributed by atoms with van der Waals surface area (Å²) in [6, 6.07) is 5.57. The van der Waals surface area contributed by atoms with Crippen molar-refractivity contribution in [1.29, 1.82) is 0 Å². The predicted octanol–water partition coefficient (Wildman–Crippen LogP) is 3.34. The van der Waals surface area contributed by atoms with Gasteiger partial charge in [0.25, 0.3) is 11.5 Å². The zero-order chi connectivity index (χ0) is 18.3. The Morgan fingerprint density at radius 3 is 2.92 bits per heavy atom. The van der Waals surface area contributed by atoms with Gasteiger partial charge in [0.2, 0.25) is 0 Å². The molecule has 0 radical (unpaired) electrons. The Hall–Kier alpha value is -3.09. The molecule has 1 fully saturated rings. The van der Waals surface area contributed by atoms with Crippen molar-refractivity contribution in [3.63, 3.8) is 0 Å². The zero-order valence-corrected chi connectivity index (χ0v) is 14.2. The van der Waals surface area contributed by atoms with Crippen LogP contribution in [0.25, 0.3) is 10.8 Å². The summed E-state index contributed by atoms with van der Waals surface area (Å²) in [5, 5.41) is 3.78. The topological polar surface area (TPSA) is 87.0 Å². The molecule has 0 bridgehead atoms. The monoisotopic (exact) mass is 355 g/mol. The van der Waals surface area contributed by atoms with E-state index in [0.29, 0.717) is 29.0 Å². The Morgan fingerprint density at radius 1 is 1.35 bits per heavy atom. The molecule has 6 nitrogen and oxygen atoms in total. The summed E-state index contributed by atoms with van der Waals surface area (Å²) in [4.78, 5) is 30.3. The van der Waals surface area contributed by atoms with E-state index in [1.165, 1.54) is 18.2 Å². The highest BCUT2D eigenvalue weighted by Gasteiger charge is 2.23. The average molecular weight is 355 g/mol. The molecule has 1 aromatic carbocycles. The Balaban J connectivity index is 1.61. The van der Waals surface area contributed by atoms with Gasteiger partial charge in [0.15, 0.2) is 0 Å². The molecular formula is C19H18FN3O3. The SMILES string of the molecule is Cc1[nH]cc2cc(C(=O)Nc3cc(F)ccc3OCC3CC3)[nH]c(=O)c12. The molecule has 4 rings (SSSR count). The fourth-order valence-electron chi connectivity index (χ4n) is 2.87. The van der Waals surface area contributed by atoms with E-state index in [-0.39, 0.29) is 16.9 Å². The number of halogens is 1. The van der Waals surface area contributed by atoms with Gasteiger partial charge >= 0.3 is 0 Å². The molecule has 0 saturated heterocycles. The maximum Gasteiger partial charge on any atom is 0.272 e. The maximum atomic E-state index is 13.6. The van der Waals surface area contributed by atoms with Gasteiger partial charge in [-0.1, -0.05) is 0 Å². The second-order valence-corrected chi connectivity index (χ2v) is 6.61. The molecule has 26 heavy (non-hydrogen) atoms. The fraction of sp³-hybridized carbons (Fsp3) is 0.263. The van der Waals surface area contributed by atoms with E-state index in [1.807, 2.05) is 0 Å². The number of aryl methyl sites for hydroxylation is 1. The highest BCUT2D eigenvalue weighted by atomic mass is 19.1. The third-order valence-electron chi connectivity index (χ3n) is 4.49. The number of ether oxygens (including phenoxy) is 1. The van der Waals surface area contributed by atoms with Crippen molar-refractivity contribution < 1.29 is 13.9 Å². The highest BCUT2D eigenvalue weighted by molar-refractivity contribution is 6.05. The average Bonchev–Trinajstić information content (AvgIpc) is 3.36. The molecule has 0 aliphatic heterocycles. The van der Waals surface area contributed by atoms with Crippen LogP contribution < -0.4 is 15.6 Å². The number of aromatic amines is 2. The summed E-state index contributed by atoms with van der Waals surface area (Å²) in [5.41, 5.74) is 0.714. The first-order valence-electron chi connectivity index (χ1n) is 8.46. The lowest BCUT2D eigenvalue weighted by Gasteiger charge is -2.12. The van der Waals surface area contributed by atoms with Crippen LogP contribution in [0, 0.1) is 18.7 Å². The molecule has 0 atom stereocenters. The van der Waals surface area contributed by atoms with Gasteiger partial charge in [0.05, 0.1) is 17.7 Å². The lowest BCUT2D eigenvalue weighted by atomic mass is 10.2. The molecule has 1 saturated carbocycles. The summed E-state index contributed by atoms with van der Waals surface area (Å²) in [6.45, 7) is 2.33. The third kappa shape index (κ3) is 3.20.